The molecule has 0 heterocycles. The van der Waals surface area contributed by atoms with Crippen molar-refractivity contribution in [1.29, 1.82) is 0 Å². The quantitative estimate of drug-likeness (QED) is 0.557. The standard InChI is InChI=1S/C11H15BF3N3O2/c1-12(20)16-7-8-4-3-5-9(6-8)18(2)17-10(19)11(13,14)15/h3-6,16,20H,7H2,1-2H3,(H,17,19). The van der Waals surface area contributed by atoms with Gasteiger partial charge in [-0.1, -0.05) is 12.1 Å². The van der Waals surface area contributed by atoms with Crippen LogP contribution in [0.15, 0.2) is 24.3 Å². The molecule has 20 heavy (non-hydrogen) atoms. The second kappa shape index (κ2) is 6.62. The van der Waals surface area contributed by atoms with Crippen LogP contribution in [0.25, 0.3) is 0 Å². The van der Waals surface area contributed by atoms with Gasteiger partial charge in [-0.15, -0.1) is 0 Å². The second-order valence-corrected chi connectivity index (χ2v) is 4.22. The fourth-order valence-corrected chi connectivity index (χ4v) is 1.42. The molecule has 0 radical (unpaired) electrons. The molecule has 5 nitrogen and oxygen atoms in total. The number of nitrogens with one attached hydrogen (secondary N) is 2. The van der Waals surface area contributed by atoms with E-state index in [9.17, 15) is 18.0 Å². The Kier molecular flexibility index (Phi) is 5.40. The van der Waals surface area contributed by atoms with Gasteiger partial charge in [0.05, 0.1) is 5.69 Å². The highest BCUT2D eigenvalue weighted by atomic mass is 19.4. The Bertz CT molecular complexity index is 468. The Morgan fingerprint density at radius 3 is 2.65 bits per heavy atom. The van der Waals surface area contributed by atoms with Crippen LogP contribution >= 0.6 is 0 Å². The van der Waals surface area contributed by atoms with Crippen molar-refractivity contribution in [3.63, 3.8) is 0 Å². The third-order valence-electron chi connectivity index (χ3n) is 2.43. The number of hydrogen-bond donors (Lipinski definition) is 3. The SMILES string of the molecule is CB(O)NCc1cccc(N(C)NC(=O)C(F)(F)F)c1. The minimum Gasteiger partial charge on any atom is -0.437 e. The number of hydrazine groups is 1. The molecule has 0 unspecified atom stereocenters. The van der Waals surface area contributed by atoms with Gasteiger partial charge in [0.2, 0.25) is 0 Å². The normalized spacial score (nSPS) is 11.1. The summed E-state index contributed by atoms with van der Waals surface area (Å²) in [5, 5.41) is 12.8. The summed E-state index contributed by atoms with van der Waals surface area (Å²) in [6.07, 6.45) is -4.93. The highest BCUT2D eigenvalue weighted by Crippen LogP contribution is 2.17. The Hall–Kier alpha value is -1.74. The average molecular weight is 289 g/mol. The monoisotopic (exact) mass is 289 g/mol. The molecule has 1 aromatic rings. The summed E-state index contributed by atoms with van der Waals surface area (Å²) >= 11 is 0. The Morgan fingerprint density at radius 1 is 1.45 bits per heavy atom. The van der Waals surface area contributed by atoms with Gasteiger partial charge in [-0.05, 0) is 24.5 Å². The minimum absolute atomic E-state index is 0.354. The van der Waals surface area contributed by atoms with Gasteiger partial charge in [0.1, 0.15) is 0 Å². The third-order valence-corrected chi connectivity index (χ3v) is 2.43. The van der Waals surface area contributed by atoms with Gasteiger partial charge in [0.25, 0.3) is 0 Å². The molecule has 0 spiro atoms. The van der Waals surface area contributed by atoms with E-state index in [4.69, 9.17) is 5.02 Å². The number of carbonyl (C=O) groups excluding carboxylic acids is 1. The van der Waals surface area contributed by atoms with Gasteiger partial charge >= 0.3 is 19.1 Å². The number of hydrogen-bond acceptors (Lipinski definition) is 4. The molecule has 1 rings (SSSR count). The van der Waals surface area contributed by atoms with Crippen molar-refractivity contribution >= 4 is 18.6 Å². The summed E-state index contributed by atoms with van der Waals surface area (Å²) in [6, 6.07) is 6.55. The second-order valence-electron chi connectivity index (χ2n) is 4.22. The molecule has 1 amide bonds. The average Bonchev–Trinajstić information content (AvgIpc) is 2.35. The first-order valence-electron chi connectivity index (χ1n) is 5.82. The molecule has 3 N–H and O–H groups in total. The first-order valence-corrected chi connectivity index (χ1v) is 5.82. The summed E-state index contributed by atoms with van der Waals surface area (Å²) < 4.78 is 36.4. The third kappa shape index (κ3) is 5.10. The molecule has 0 bridgehead atoms. The highest BCUT2D eigenvalue weighted by Gasteiger charge is 2.39. The number of halogens is 3. The van der Waals surface area contributed by atoms with Gasteiger partial charge < -0.3 is 10.3 Å². The fraction of sp³-hybridized carbons (Fsp3) is 0.364. The van der Waals surface area contributed by atoms with Gasteiger partial charge in [-0.2, -0.15) is 13.2 Å². The van der Waals surface area contributed by atoms with E-state index in [-0.39, 0.29) is 0 Å². The zero-order chi connectivity index (χ0) is 15.3. The van der Waals surface area contributed by atoms with Crippen molar-refractivity contribution in [2.45, 2.75) is 19.5 Å². The molecule has 0 aliphatic heterocycles. The highest BCUT2D eigenvalue weighted by molar-refractivity contribution is 6.45. The summed E-state index contributed by atoms with van der Waals surface area (Å²) in [7, 11) is 0.617. The van der Waals surface area contributed by atoms with Crippen molar-refractivity contribution < 1.29 is 23.0 Å². The zero-order valence-corrected chi connectivity index (χ0v) is 11.0. The van der Waals surface area contributed by atoms with Crippen LogP contribution in [-0.2, 0) is 11.3 Å². The van der Waals surface area contributed by atoms with Crippen LogP contribution in [0, 0.1) is 0 Å². The molecule has 0 aromatic heterocycles. The Labute approximate surface area is 114 Å². The first kappa shape index (κ1) is 16.3. The predicted octanol–water partition coefficient (Wildman–Crippen LogP) is 0.916. The van der Waals surface area contributed by atoms with Crippen molar-refractivity contribution in [3.05, 3.63) is 29.8 Å². The molecule has 0 fully saturated rings. The molecule has 0 aliphatic carbocycles. The molecule has 110 valence electrons. The van der Waals surface area contributed by atoms with Crippen molar-refractivity contribution in [3.8, 4) is 0 Å². The fourth-order valence-electron chi connectivity index (χ4n) is 1.42. The van der Waals surface area contributed by atoms with Crippen LogP contribution in [0.4, 0.5) is 18.9 Å². The number of carbonyl (C=O) groups is 1. The van der Waals surface area contributed by atoms with Crippen LogP contribution in [0.5, 0.6) is 0 Å². The van der Waals surface area contributed by atoms with Gasteiger partial charge in [-0.3, -0.25) is 15.2 Å². The lowest BCUT2D eigenvalue weighted by Gasteiger charge is -2.21. The largest absolute Gasteiger partial charge is 0.472 e. The number of rotatable bonds is 5. The predicted molar refractivity (Wildman–Crippen MR) is 69.7 cm³/mol. The van der Waals surface area contributed by atoms with E-state index in [0.717, 1.165) is 10.6 Å². The van der Waals surface area contributed by atoms with Crippen LogP contribution in [0.2, 0.25) is 6.82 Å². The number of alkyl halides is 3. The molecular weight excluding hydrogens is 274 g/mol. The first-order chi connectivity index (χ1) is 9.20. The number of anilines is 1. The van der Waals surface area contributed by atoms with E-state index < -0.39 is 19.1 Å². The van der Waals surface area contributed by atoms with Gasteiger partial charge in [-0.25, -0.2) is 0 Å². The lowest BCUT2D eigenvalue weighted by molar-refractivity contribution is -0.173. The topological polar surface area (TPSA) is 64.6 Å². The molecule has 0 saturated carbocycles. The van der Waals surface area contributed by atoms with Crippen molar-refractivity contribution in [2.75, 3.05) is 12.1 Å². The van der Waals surface area contributed by atoms with Crippen LogP contribution < -0.4 is 15.7 Å². The molecule has 0 atom stereocenters. The maximum absolute atomic E-state index is 12.1. The van der Waals surface area contributed by atoms with Crippen LogP contribution in [0.1, 0.15) is 5.56 Å². The van der Waals surface area contributed by atoms with Gasteiger partial charge in [0.15, 0.2) is 0 Å². The molecule has 9 heteroatoms. The van der Waals surface area contributed by atoms with E-state index in [1.54, 1.807) is 36.5 Å². The van der Waals surface area contributed by atoms with E-state index in [2.05, 4.69) is 5.23 Å². The molecule has 0 aliphatic rings. The van der Waals surface area contributed by atoms with Crippen LogP contribution in [-0.4, -0.2) is 31.2 Å². The maximum atomic E-state index is 12.1. The van der Waals surface area contributed by atoms with E-state index in [1.165, 1.54) is 7.05 Å². The van der Waals surface area contributed by atoms with Crippen molar-refractivity contribution in [1.82, 2.24) is 10.7 Å². The molecule has 1 aromatic carbocycles. The summed E-state index contributed by atoms with van der Waals surface area (Å²) in [5.74, 6) is -2.03. The Balaban J connectivity index is 2.71. The van der Waals surface area contributed by atoms with Crippen molar-refractivity contribution in [2.24, 2.45) is 0 Å². The summed E-state index contributed by atoms with van der Waals surface area (Å²) in [5.41, 5.74) is 2.88. The summed E-state index contributed by atoms with van der Waals surface area (Å²) in [6.45, 7) is 1.91. The van der Waals surface area contributed by atoms with Gasteiger partial charge in [0, 0.05) is 13.6 Å². The number of amides is 1. The maximum Gasteiger partial charge on any atom is 0.472 e. The minimum atomic E-state index is -4.93. The smallest absolute Gasteiger partial charge is 0.437 e. The zero-order valence-electron chi connectivity index (χ0n) is 11.0. The lowest BCUT2D eigenvalue weighted by atomic mass is 9.88. The summed E-state index contributed by atoms with van der Waals surface area (Å²) in [4.78, 5) is 10.8. The van der Waals surface area contributed by atoms with E-state index >= 15 is 0 Å². The van der Waals surface area contributed by atoms with E-state index in [0.29, 0.717) is 12.2 Å². The molecular formula is C11H15BF3N3O2. The number of nitrogens with zero attached hydrogens (tertiary/aromatic N) is 1. The lowest BCUT2D eigenvalue weighted by Crippen LogP contribution is -2.46. The van der Waals surface area contributed by atoms with E-state index in [1.807, 2.05) is 0 Å². The van der Waals surface area contributed by atoms with Crippen LogP contribution in [0.3, 0.4) is 0 Å². The Morgan fingerprint density at radius 2 is 2.10 bits per heavy atom. The molecule has 0 saturated heterocycles. The number of benzene rings is 1.